The van der Waals surface area contributed by atoms with Crippen molar-refractivity contribution in [2.24, 2.45) is 5.73 Å². The Kier molecular flexibility index (Phi) is 4.55. The second-order valence-corrected chi connectivity index (χ2v) is 4.58. The van der Waals surface area contributed by atoms with E-state index in [1.807, 2.05) is 55.5 Å². The van der Waals surface area contributed by atoms with Gasteiger partial charge in [-0.1, -0.05) is 24.3 Å². The maximum Gasteiger partial charge on any atom is 0.127 e. The van der Waals surface area contributed by atoms with E-state index in [2.05, 4.69) is 0 Å². The minimum absolute atomic E-state index is 0.00419. The van der Waals surface area contributed by atoms with Crippen molar-refractivity contribution in [1.29, 1.82) is 0 Å². The van der Waals surface area contributed by atoms with Crippen LogP contribution in [0.1, 0.15) is 24.1 Å². The highest BCUT2D eigenvalue weighted by Gasteiger charge is 2.02. The molecule has 0 heterocycles. The van der Waals surface area contributed by atoms with Crippen molar-refractivity contribution in [2.75, 3.05) is 6.61 Å². The van der Waals surface area contributed by atoms with Gasteiger partial charge < -0.3 is 15.6 Å². The maximum absolute atomic E-state index is 8.86. The summed E-state index contributed by atoms with van der Waals surface area (Å²) in [4.78, 5) is 0. The van der Waals surface area contributed by atoms with Crippen LogP contribution in [0, 0.1) is 0 Å². The standard InChI is InChI=1S/C16H19NO2/c1-12(17)14-3-2-4-16(11-14)19-15-7-5-13(6-8-15)9-10-18/h2-8,11-12,18H,9-10,17H2,1H3. The van der Waals surface area contributed by atoms with Crippen LogP contribution in [0.5, 0.6) is 11.5 Å². The fourth-order valence-corrected chi connectivity index (χ4v) is 1.85. The minimum Gasteiger partial charge on any atom is -0.457 e. The largest absolute Gasteiger partial charge is 0.457 e. The molecule has 0 radical (unpaired) electrons. The van der Waals surface area contributed by atoms with Gasteiger partial charge in [0, 0.05) is 12.6 Å². The summed E-state index contributed by atoms with van der Waals surface area (Å²) in [5, 5.41) is 8.86. The Hall–Kier alpha value is -1.84. The van der Waals surface area contributed by atoms with Gasteiger partial charge in [-0.25, -0.2) is 0 Å². The van der Waals surface area contributed by atoms with Crippen molar-refractivity contribution in [1.82, 2.24) is 0 Å². The average molecular weight is 257 g/mol. The number of aliphatic hydroxyl groups excluding tert-OH is 1. The maximum atomic E-state index is 8.86. The molecule has 100 valence electrons. The van der Waals surface area contributed by atoms with Crippen LogP contribution in [-0.4, -0.2) is 11.7 Å². The van der Waals surface area contributed by atoms with Crippen LogP contribution in [0.2, 0.25) is 0 Å². The molecule has 2 aromatic carbocycles. The van der Waals surface area contributed by atoms with Crippen LogP contribution >= 0.6 is 0 Å². The number of ether oxygens (including phenoxy) is 1. The summed E-state index contributed by atoms with van der Waals surface area (Å²) >= 11 is 0. The third-order valence-electron chi connectivity index (χ3n) is 2.94. The van der Waals surface area contributed by atoms with E-state index in [1.165, 1.54) is 0 Å². The van der Waals surface area contributed by atoms with Crippen molar-refractivity contribution in [3.63, 3.8) is 0 Å². The molecule has 3 nitrogen and oxygen atoms in total. The molecular formula is C16H19NO2. The van der Waals surface area contributed by atoms with E-state index >= 15 is 0 Å². The first-order chi connectivity index (χ1) is 9.19. The molecule has 3 N–H and O–H groups in total. The molecule has 0 bridgehead atoms. The van der Waals surface area contributed by atoms with Crippen molar-refractivity contribution in [2.45, 2.75) is 19.4 Å². The smallest absolute Gasteiger partial charge is 0.127 e. The van der Waals surface area contributed by atoms with E-state index < -0.39 is 0 Å². The van der Waals surface area contributed by atoms with Crippen LogP contribution in [0.3, 0.4) is 0 Å². The van der Waals surface area contributed by atoms with E-state index in [1.54, 1.807) is 0 Å². The molecule has 0 amide bonds. The van der Waals surface area contributed by atoms with Gasteiger partial charge in [0.25, 0.3) is 0 Å². The van der Waals surface area contributed by atoms with Gasteiger partial charge >= 0.3 is 0 Å². The lowest BCUT2D eigenvalue weighted by Crippen LogP contribution is -2.04. The summed E-state index contributed by atoms with van der Waals surface area (Å²) in [5.74, 6) is 1.56. The summed E-state index contributed by atoms with van der Waals surface area (Å²) in [6, 6.07) is 15.5. The van der Waals surface area contributed by atoms with Gasteiger partial charge in [0.05, 0.1) is 0 Å². The lowest BCUT2D eigenvalue weighted by Gasteiger charge is -2.10. The molecule has 0 saturated heterocycles. The van der Waals surface area contributed by atoms with Crippen LogP contribution in [0.15, 0.2) is 48.5 Å². The first kappa shape index (κ1) is 13.6. The molecule has 3 heteroatoms. The van der Waals surface area contributed by atoms with Gasteiger partial charge in [0.1, 0.15) is 11.5 Å². The zero-order valence-corrected chi connectivity index (χ0v) is 11.0. The first-order valence-electron chi connectivity index (χ1n) is 6.42. The number of rotatable bonds is 5. The average Bonchev–Trinajstić information content (AvgIpc) is 2.42. The molecule has 0 aliphatic heterocycles. The topological polar surface area (TPSA) is 55.5 Å². The Morgan fingerprint density at radius 3 is 2.47 bits per heavy atom. The third kappa shape index (κ3) is 3.81. The summed E-state index contributed by atoms with van der Waals surface area (Å²) in [7, 11) is 0. The van der Waals surface area contributed by atoms with Crippen LogP contribution < -0.4 is 10.5 Å². The Labute approximate surface area is 113 Å². The van der Waals surface area contributed by atoms with Gasteiger partial charge in [-0.05, 0) is 48.7 Å². The second-order valence-electron chi connectivity index (χ2n) is 4.58. The molecule has 2 rings (SSSR count). The Morgan fingerprint density at radius 2 is 1.84 bits per heavy atom. The zero-order valence-electron chi connectivity index (χ0n) is 11.0. The molecule has 19 heavy (non-hydrogen) atoms. The molecule has 0 saturated carbocycles. The second kappa shape index (κ2) is 6.36. The quantitative estimate of drug-likeness (QED) is 0.865. The van der Waals surface area contributed by atoms with Crippen molar-refractivity contribution >= 4 is 0 Å². The Bertz CT molecular complexity index is 521. The summed E-state index contributed by atoms with van der Waals surface area (Å²) in [5.41, 5.74) is 8.00. The van der Waals surface area contributed by atoms with E-state index in [4.69, 9.17) is 15.6 Å². The molecule has 0 spiro atoms. The zero-order chi connectivity index (χ0) is 13.7. The highest BCUT2D eigenvalue weighted by atomic mass is 16.5. The SMILES string of the molecule is CC(N)c1cccc(Oc2ccc(CCO)cc2)c1. The van der Waals surface area contributed by atoms with Gasteiger partial charge in [0.15, 0.2) is 0 Å². The summed E-state index contributed by atoms with van der Waals surface area (Å²) in [6.07, 6.45) is 0.667. The van der Waals surface area contributed by atoms with Crippen LogP contribution in [0.25, 0.3) is 0 Å². The van der Waals surface area contributed by atoms with E-state index in [9.17, 15) is 0 Å². The third-order valence-corrected chi connectivity index (χ3v) is 2.94. The lowest BCUT2D eigenvalue weighted by molar-refractivity contribution is 0.299. The molecule has 2 aromatic rings. The van der Waals surface area contributed by atoms with Crippen LogP contribution in [-0.2, 0) is 6.42 Å². The lowest BCUT2D eigenvalue weighted by atomic mass is 10.1. The van der Waals surface area contributed by atoms with Crippen molar-refractivity contribution in [3.8, 4) is 11.5 Å². The molecule has 0 fully saturated rings. The van der Waals surface area contributed by atoms with Crippen molar-refractivity contribution in [3.05, 3.63) is 59.7 Å². The van der Waals surface area contributed by atoms with Gasteiger partial charge in [-0.2, -0.15) is 0 Å². The molecule has 1 unspecified atom stereocenters. The number of nitrogens with two attached hydrogens (primary N) is 1. The molecule has 0 aromatic heterocycles. The minimum atomic E-state index is -0.00419. The van der Waals surface area contributed by atoms with Gasteiger partial charge in [-0.3, -0.25) is 0 Å². The predicted molar refractivity (Wildman–Crippen MR) is 76.4 cm³/mol. The van der Waals surface area contributed by atoms with Gasteiger partial charge in [-0.15, -0.1) is 0 Å². The number of hydrogen-bond donors (Lipinski definition) is 2. The Morgan fingerprint density at radius 1 is 1.11 bits per heavy atom. The van der Waals surface area contributed by atoms with Crippen molar-refractivity contribution < 1.29 is 9.84 Å². The Balaban J connectivity index is 2.10. The normalized spacial score (nSPS) is 12.2. The molecular weight excluding hydrogens is 238 g/mol. The van der Waals surface area contributed by atoms with E-state index in [-0.39, 0.29) is 12.6 Å². The van der Waals surface area contributed by atoms with E-state index in [0.29, 0.717) is 6.42 Å². The first-order valence-corrected chi connectivity index (χ1v) is 6.42. The highest BCUT2D eigenvalue weighted by Crippen LogP contribution is 2.24. The summed E-state index contributed by atoms with van der Waals surface area (Å²) in [6.45, 7) is 2.11. The monoisotopic (exact) mass is 257 g/mol. The predicted octanol–water partition coefficient (Wildman–Crippen LogP) is 3.03. The fourth-order valence-electron chi connectivity index (χ4n) is 1.85. The molecule has 0 aliphatic carbocycles. The van der Waals surface area contributed by atoms with Crippen LogP contribution in [0.4, 0.5) is 0 Å². The number of aliphatic hydroxyl groups is 1. The molecule has 1 atom stereocenters. The fraction of sp³-hybridized carbons (Fsp3) is 0.250. The number of benzene rings is 2. The van der Waals surface area contributed by atoms with Gasteiger partial charge in [0.2, 0.25) is 0 Å². The highest BCUT2D eigenvalue weighted by molar-refractivity contribution is 5.36. The van der Waals surface area contributed by atoms with E-state index in [0.717, 1.165) is 22.6 Å². The summed E-state index contributed by atoms with van der Waals surface area (Å²) < 4.78 is 5.78. The number of hydrogen-bond acceptors (Lipinski definition) is 3. The molecule has 0 aliphatic rings.